The number of nitrogen functional groups attached to an aromatic ring is 1. The van der Waals surface area contributed by atoms with E-state index in [0.29, 0.717) is 17.1 Å². The number of anilines is 2. The molecule has 3 N–H and O–H groups in total. The molecule has 0 aliphatic heterocycles. The fourth-order valence-electron chi connectivity index (χ4n) is 3.01. The first-order valence-electron chi connectivity index (χ1n) is 7.56. The molecule has 23 heavy (non-hydrogen) atoms. The fourth-order valence-corrected chi connectivity index (χ4v) is 3.27. The monoisotopic (exact) mass is 374 g/mol. The first-order chi connectivity index (χ1) is 11.0. The van der Waals surface area contributed by atoms with E-state index in [4.69, 9.17) is 10.5 Å². The van der Waals surface area contributed by atoms with E-state index in [1.54, 1.807) is 25.3 Å². The second-order valence-electron chi connectivity index (χ2n) is 5.85. The maximum atomic E-state index is 12.9. The Morgan fingerprint density at radius 2 is 1.91 bits per heavy atom. The zero-order valence-corrected chi connectivity index (χ0v) is 14.5. The molecule has 0 heterocycles. The Kier molecular flexibility index (Phi) is 4.31. The number of hydrogen-bond donors (Lipinski definition) is 2. The van der Waals surface area contributed by atoms with Crippen LogP contribution < -0.4 is 15.8 Å². The highest BCUT2D eigenvalue weighted by Gasteiger charge is 2.45. The van der Waals surface area contributed by atoms with Crippen molar-refractivity contribution in [1.82, 2.24) is 0 Å². The zero-order valence-electron chi connectivity index (χ0n) is 12.9. The topological polar surface area (TPSA) is 64.3 Å². The Morgan fingerprint density at radius 3 is 2.43 bits per heavy atom. The van der Waals surface area contributed by atoms with Gasteiger partial charge in [-0.15, -0.1) is 0 Å². The van der Waals surface area contributed by atoms with E-state index in [1.165, 1.54) is 0 Å². The van der Waals surface area contributed by atoms with Crippen LogP contribution in [-0.4, -0.2) is 13.0 Å². The summed E-state index contributed by atoms with van der Waals surface area (Å²) in [5.41, 5.74) is 7.74. The molecule has 1 fully saturated rings. The van der Waals surface area contributed by atoms with Gasteiger partial charge in [0.2, 0.25) is 5.91 Å². The molecule has 1 aliphatic rings. The third kappa shape index (κ3) is 2.93. The number of halogens is 1. The number of carbonyl (C=O) groups is 1. The maximum Gasteiger partial charge on any atom is 0.235 e. The van der Waals surface area contributed by atoms with Crippen LogP contribution in [0.25, 0.3) is 0 Å². The molecule has 5 heteroatoms. The third-order valence-corrected chi connectivity index (χ3v) is 5.05. The van der Waals surface area contributed by atoms with Gasteiger partial charge in [0.25, 0.3) is 0 Å². The second-order valence-corrected chi connectivity index (χ2v) is 6.77. The van der Waals surface area contributed by atoms with Crippen molar-refractivity contribution in [2.75, 3.05) is 18.2 Å². The molecule has 2 aromatic rings. The van der Waals surface area contributed by atoms with Crippen LogP contribution in [0, 0.1) is 0 Å². The number of benzene rings is 2. The van der Waals surface area contributed by atoms with Crippen LogP contribution in [0.1, 0.15) is 24.8 Å². The molecule has 1 aliphatic carbocycles. The predicted molar refractivity (Wildman–Crippen MR) is 95.7 cm³/mol. The van der Waals surface area contributed by atoms with Gasteiger partial charge in [-0.2, -0.15) is 0 Å². The fraction of sp³-hybridized carbons (Fsp3) is 0.278. The molecule has 0 atom stereocenters. The molecule has 0 spiro atoms. The van der Waals surface area contributed by atoms with Gasteiger partial charge in [0, 0.05) is 10.2 Å². The SMILES string of the molecule is COc1ccc(NC(=O)C2(c3ccc(Br)cc3)CCC2)cc1N. The molecule has 1 amide bonds. The Labute approximate surface area is 144 Å². The van der Waals surface area contributed by atoms with Crippen molar-refractivity contribution in [3.05, 3.63) is 52.5 Å². The number of amides is 1. The Bertz CT molecular complexity index is 724. The van der Waals surface area contributed by atoms with Gasteiger partial charge in [-0.3, -0.25) is 4.79 Å². The highest BCUT2D eigenvalue weighted by Crippen LogP contribution is 2.45. The number of hydrogen-bond acceptors (Lipinski definition) is 3. The lowest BCUT2D eigenvalue weighted by Gasteiger charge is -2.40. The number of ether oxygens (including phenoxy) is 1. The van der Waals surface area contributed by atoms with E-state index >= 15 is 0 Å². The summed E-state index contributed by atoms with van der Waals surface area (Å²) in [6, 6.07) is 13.3. The van der Waals surface area contributed by atoms with Gasteiger partial charge in [0.05, 0.1) is 18.2 Å². The lowest BCUT2D eigenvalue weighted by molar-refractivity contribution is -0.124. The van der Waals surface area contributed by atoms with Crippen LogP contribution in [0.4, 0.5) is 11.4 Å². The summed E-state index contributed by atoms with van der Waals surface area (Å²) < 4.78 is 6.16. The molecular weight excluding hydrogens is 356 g/mol. The summed E-state index contributed by atoms with van der Waals surface area (Å²) in [6.45, 7) is 0. The zero-order chi connectivity index (χ0) is 16.4. The average Bonchev–Trinajstić information content (AvgIpc) is 2.48. The van der Waals surface area contributed by atoms with E-state index in [0.717, 1.165) is 29.3 Å². The first kappa shape index (κ1) is 15.9. The van der Waals surface area contributed by atoms with Crippen LogP contribution in [0.15, 0.2) is 46.9 Å². The van der Waals surface area contributed by atoms with E-state index in [9.17, 15) is 4.79 Å². The summed E-state index contributed by atoms with van der Waals surface area (Å²) >= 11 is 3.44. The van der Waals surface area contributed by atoms with Crippen LogP contribution in [-0.2, 0) is 10.2 Å². The van der Waals surface area contributed by atoms with E-state index < -0.39 is 5.41 Å². The van der Waals surface area contributed by atoms with Crippen molar-refractivity contribution < 1.29 is 9.53 Å². The molecule has 0 bridgehead atoms. The normalized spacial score (nSPS) is 15.6. The Hall–Kier alpha value is -2.01. The van der Waals surface area contributed by atoms with E-state index in [-0.39, 0.29) is 5.91 Å². The molecule has 0 unspecified atom stereocenters. The summed E-state index contributed by atoms with van der Waals surface area (Å²) in [4.78, 5) is 12.9. The average molecular weight is 375 g/mol. The van der Waals surface area contributed by atoms with Crippen LogP contribution in [0.5, 0.6) is 5.75 Å². The number of rotatable bonds is 4. The summed E-state index contributed by atoms with van der Waals surface area (Å²) in [7, 11) is 1.57. The van der Waals surface area contributed by atoms with Gasteiger partial charge >= 0.3 is 0 Å². The lowest BCUT2D eigenvalue weighted by atomic mass is 9.64. The highest BCUT2D eigenvalue weighted by atomic mass is 79.9. The van der Waals surface area contributed by atoms with Crippen molar-refractivity contribution in [2.45, 2.75) is 24.7 Å². The number of nitrogens with one attached hydrogen (secondary N) is 1. The largest absolute Gasteiger partial charge is 0.495 e. The third-order valence-electron chi connectivity index (χ3n) is 4.53. The van der Waals surface area contributed by atoms with Gasteiger partial charge in [-0.05, 0) is 48.7 Å². The number of carbonyl (C=O) groups excluding carboxylic acids is 1. The molecule has 2 aromatic carbocycles. The van der Waals surface area contributed by atoms with Crippen LogP contribution >= 0.6 is 15.9 Å². The number of nitrogens with two attached hydrogens (primary N) is 1. The molecule has 0 saturated heterocycles. The highest BCUT2D eigenvalue weighted by molar-refractivity contribution is 9.10. The maximum absolute atomic E-state index is 12.9. The van der Waals surface area contributed by atoms with E-state index in [1.807, 2.05) is 24.3 Å². The van der Waals surface area contributed by atoms with Crippen LogP contribution in [0.2, 0.25) is 0 Å². The van der Waals surface area contributed by atoms with Gasteiger partial charge in [-0.1, -0.05) is 34.5 Å². The van der Waals surface area contributed by atoms with Gasteiger partial charge in [0.1, 0.15) is 5.75 Å². The smallest absolute Gasteiger partial charge is 0.235 e. The van der Waals surface area contributed by atoms with Gasteiger partial charge in [0.15, 0.2) is 0 Å². The number of methoxy groups -OCH3 is 1. The van der Waals surface area contributed by atoms with E-state index in [2.05, 4.69) is 21.2 Å². The molecule has 120 valence electrons. The summed E-state index contributed by atoms with van der Waals surface area (Å²) in [5, 5.41) is 3.00. The lowest BCUT2D eigenvalue weighted by Crippen LogP contribution is -2.46. The van der Waals surface area contributed by atoms with Gasteiger partial charge in [-0.25, -0.2) is 0 Å². The Morgan fingerprint density at radius 1 is 1.22 bits per heavy atom. The molecule has 1 saturated carbocycles. The van der Waals surface area contributed by atoms with Gasteiger partial charge < -0.3 is 15.8 Å². The minimum Gasteiger partial charge on any atom is -0.495 e. The van der Waals surface area contributed by atoms with Crippen molar-refractivity contribution >= 4 is 33.2 Å². The standard InChI is InChI=1S/C18H19BrN2O2/c1-23-16-8-7-14(11-15(16)20)21-17(22)18(9-2-10-18)12-3-5-13(19)6-4-12/h3-8,11H,2,9-10,20H2,1H3,(H,21,22). The van der Waals surface area contributed by atoms with Crippen molar-refractivity contribution in [2.24, 2.45) is 0 Å². The molecule has 3 rings (SSSR count). The Balaban J connectivity index is 1.83. The molecular formula is C18H19BrN2O2. The molecule has 0 radical (unpaired) electrons. The molecule has 0 aromatic heterocycles. The second kappa shape index (κ2) is 6.24. The minimum absolute atomic E-state index is 0.0237. The minimum atomic E-state index is -0.435. The first-order valence-corrected chi connectivity index (χ1v) is 8.35. The van der Waals surface area contributed by atoms with Crippen molar-refractivity contribution in [3.63, 3.8) is 0 Å². The van der Waals surface area contributed by atoms with Crippen molar-refractivity contribution in [3.8, 4) is 5.75 Å². The quantitative estimate of drug-likeness (QED) is 0.791. The van der Waals surface area contributed by atoms with Crippen LogP contribution in [0.3, 0.4) is 0 Å². The summed E-state index contributed by atoms with van der Waals surface area (Å²) in [6.07, 6.45) is 2.80. The summed E-state index contributed by atoms with van der Waals surface area (Å²) in [5.74, 6) is 0.630. The van der Waals surface area contributed by atoms with Crippen molar-refractivity contribution in [1.29, 1.82) is 0 Å². The molecule has 4 nitrogen and oxygen atoms in total. The predicted octanol–water partition coefficient (Wildman–Crippen LogP) is 4.10.